The van der Waals surface area contributed by atoms with Gasteiger partial charge in [-0.1, -0.05) is 36.0 Å². The van der Waals surface area contributed by atoms with Crippen LogP contribution < -0.4 is 10.2 Å². The van der Waals surface area contributed by atoms with Crippen LogP contribution >= 0.6 is 11.8 Å². The third-order valence-electron chi connectivity index (χ3n) is 6.47. The second-order valence-electron chi connectivity index (χ2n) is 8.63. The molecule has 5 amide bonds. The molecule has 1 atom stereocenters. The monoisotopic (exact) mass is 478 g/mol. The number of nitrogens with zero attached hydrogens (tertiary/aromatic N) is 3. The molecule has 0 bridgehead atoms. The maximum absolute atomic E-state index is 13.3. The molecule has 2 aromatic rings. The largest absolute Gasteiger partial charge is 0.325 e. The number of hydrogen-bond acceptors (Lipinski definition) is 6. The summed E-state index contributed by atoms with van der Waals surface area (Å²) in [5.74, 6) is -0.797. The van der Waals surface area contributed by atoms with Crippen LogP contribution in [0, 0.1) is 0 Å². The molecule has 2 aromatic carbocycles. The first-order valence-electron chi connectivity index (χ1n) is 10.9. The summed E-state index contributed by atoms with van der Waals surface area (Å²) in [6.45, 7) is 1.79. The van der Waals surface area contributed by atoms with E-state index in [0.29, 0.717) is 29.8 Å². The van der Waals surface area contributed by atoms with Crippen molar-refractivity contribution in [2.24, 2.45) is 0 Å². The van der Waals surface area contributed by atoms with Gasteiger partial charge in [0.2, 0.25) is 17.7 Å². The highest BCUT2D eigenvalue weighted by Gasteiger charge is 2.53. The summed E-state index contributed by atoms with van der Waals surface area (Å²) in [5, 5.41) is 2.53. The maximum Gasteiger partial charge on any atom is 0.289 e. The van der Waals surface area contributed by atoms with Crippen molar-refractivity contribution in [1.82, 2.24) is 9.80 Å². The minimum atomic E-state index is -0.906. The van der Waals surface area contributed by atoms with E-state index in [1.54, 1.807) is 53.4 Å². The van der Waals surface area contributed by atoms with E-state index in [1.165, 1.54) is 9.80 Å². The molecule has 1 N–H and O–H groups in total. The lowest BCUT2D eigenvalue weighted by molar-refractivity contribution is -0.125. The van der Waals surface area contributed by atoms with Crippen LogP contribution in [0.15, 0.2) is 48.5 Å². The van der Waals surface area contributed by atoms with Crippen molar-refractivity contribution in [2.45, 2.75) is 32.0 Å². The molecule has 3 aliphatic rings. The molecular weight excluding hydrogens is 456 g/mol. The van der Waals surface area contributed by atoms with Crippen molar-refractivity contribution in [3.63, 3.8) is 0 Å². The van der Waals surface area contributed by atoms with Crippen LogP contribution in [0.1, 0.15) is 35.7 Å². The Bertz CT molecular complexity index is 1210. The van der Waals surface area contributed by atoms with Gasteiger partial charge in [-0.3, -0.25) is 33.8 Å². The zero-order chi connectivity index (χ0) is 24.0. The van der Waals surface area contributed by atoms with Gasteiger partial charge in [-0.15, -0.1) is 0 Å². The summed E-state index contributed by atoms with van der Waals surface area (Å²) in [7, 11) is 0. The molecule has 0 aromatic heterocycles. The molecule has 5 rings (SSSR count). The predicted octanol–water partition coefficient (Wildman–Crippen LogP) is 2.82. The first kappa shape index (κ1) is 22.1. The average molecular weight is 479 g/mol. The number of para-hydroxylation sites is 1. The van der Waals surface area contributed by atoms with E-state index in [-0.39, 0.29) is 47.7 Å². The molecule has 0 aliphatic carbocycles. The van der Waals surface area contributed by atoms with Gasteiger partial charge in [0.15, 0.2) is 0 Å². The molecule has 3 heterocycles. The van der Waals surface area contributed by atoms with E-state index in [9.17, 15) is 24.0 Å². The van der Waals surface area contributed by atoms with Gasteiger partial charge in [0.1, 0.15) is 12.2 Å². The second kappa shape index (κ2) is 8.28. The van der Waals surface area contributed by atoms with Crippen LogP contribution in [-0.4, -0.2) is 56.6 Å². The average Bonchev–Trinajstić information content (AvgIpc) is 3.31. The first-order valence-corrected chi connectivity index (χ1v) is 11.9. The number of imide groups is 1. The molecule has 10 heteroatoms. The molecule has 2 fully saturated rings. The highest BCUT2D eigenvalue weighted by molar-refractivity contribution is 8.14. The van der Waals surface area contributed by atoms with Crippen molar-refractivity contribution < 1.29 is 24.0 Å². The molecule has 9 nitrogen and oxygen atoms in total. The van der Waals surface area contributed by atoms with Gasteiger partial charge in [-0.05, 0) is 43.2 Å². The number of amides is 5. The number of anilines is 2. The van der Waals surface area contributed by atoms with Crippen molar-refractivity contribution in [3.8, 4) is 0 Å². The zero-order valence-corrected chi connectivity index (χ0v) is 19.3. The van der Waals surface area contributed by atoms with Gasteiger partial charge in [-0.25, -0.2) is 0 Å². The quantitative estimate of drug-likeness (QED) is 0.708. The van der Waals surface area contributed by atoms with E-state index >= 15 is 0 Å². The number of hydrogen-bond donors (Lipinski definition) is 1. The van der Waals surface area contributed by atoms with Crippen LogP contribution in [0.4, 0.5) is 16.2 Å². The number of fused-ring (bicyclic) bond motifs is 3. The first-order chi connectivity index (χ1) is 16.3. The smallest absolute Gasteiger partial charge is 0.289 e. The van der Waals surface area contributed by atoms with E-state index in [0.717, 1.165) is 17.3 Å². The van der Waals surface area contributed by atoms with Crippen molar-refractivity contribution >= 4 is 52.0 Å². The fourth-order valence-corrected chi connectivity index (χ4v) is 5.42. The lowest BCUT2D eigenvalue weighted by atomic mass is 9.98. The Kier molecular flexibility index (Phi) is 5.40. The third kappa shape index (κ3) is 3.63. The molecular formula is C24H22N4O5S. The molecule has 0 radical (unpaired) electrons. The van der Waals surface area contributed by atoms with Crippen LogP contribution in [0.25, 0.3) is 0 Å². The number of carbonyl (C=O) groups excluding carboxylic acids is 5. The zero-order valence-electron chi connectivity index (χ0n) is 18.4. The molecule has 0 saturated carbocycles. The fraction of sp³-hybridized carbons (Fsp3) is 0.292. The molecule has 174 valence electrons. The molecule has 2 saturated heterocycles. The number of rotatable bonds is 5. The lowest BCUT2D eigenvalue weighted by Gasteiger charge is -2.48. The number of benzene rings is 2. The molecule has 0 spiro atoms. The summed E-state index contributed by atoms with van der Waals surface area (Å²) in [6, 6.07) is 13.8. The summed E-state index contributed by atoms with van der Waals surface area (Å²) in [5.41, 5.74) is 1.36. The minimum absolute atomic E-state index is 0.0724. The number of thioether (sulfide) groups is 1. The van der Waals surface area contributed by atoms with Gasteiger partial charge in [0.25, 0.3) is 11.1 Å². The van der Waals surface area contributed by atoms with Gasteiger partial charge in [-0.2, -0.15) is 0 Å². The SMILES string of the molecule is CC12CCC(=O)N1c1ccccc1C(=O)N2CC(=O)Nc1ccc(CN2C(=O)CSC2=O)cc1. The van der Waals surface area contributed by atoms with E-state index in [4.69, 9.17) is 0 Å². The van der Waals surface area contributed by atoms with Gasteiger partial charge < -0.3 is 10.2 Å². The summed E-state index contributed by atoms with van der Waals surface area (Å²) >= 11 is 0.987. The second-order valence-corrected chi connectivity index (χ2v) is 9.56. The predicted molar refractivity (Wildman–Crippen MR) is 126 cm³/mol. The van der Waals surface area contributed by atoms with E-state index in [1.807, 2.05) is 6.92 Å². The fourth-order valence-electron chi connectivity index (χ4n) is 4.70. The van der Waals surface area contributed by atoms with Crippen molar-refractivity contribution in [1.29, 1.82) is 0 Å². The Morgan fingerprint density at radius 3 is 2.47 bits per heavy atom. The normalized spacial score (nSPS) is 21.7. The van der Waals surface area contributed by atoms with Gasteiger partial charge in [0.05, 0.1) is 23.5 Å². The maximum atomic E-state index is 13.3. The Morgan fingerprint density at radius 1 is 1.03 bits per heavy atom. The van der Waals surface area contributed by atoms with Crippen LogP contribution in [-0.2, 0) is 20.9 Å². The molecule has 3 aliphatic heterocycles. The van der Waals surface area contributed by atoms with Crippen LogP contribution in [0.3, 0.4) is 0 Å². The third-order valence-corrected chi connectivity index (χ3v) is 7.32. The van der Waals surface area contributed by atoms with Gasteiger partial charge in [0, 0.05) is 12.1 Å². The lowest BCUT2D eigenvalue weighted by Crippen LogP contribution is -2.63. The molecule has 34 heavy (non-hydrogen) atoms. The van der Waals surface area contributed by atoms with Crippen LogP contribution in [0.5, 0.6) is 0 Å². The summed E-state index contributed by atoms with van der Waals surface area (Å²) < 4.78 is 0. The summed E-state index contributed by atoms with van der Waals surface area (Å²) in [4.78, 5) is 66.7. The Hall–Kier alpha value is -3.66. The van der Waals surface area contributed by atoms with Crippen LogP contribution in [0.2, 0.25) is 0 Å². The van der Waals surface area contributed by atoms with Crippen molar-refractivity contribution in [2.75, 3.05) is 22.5 Å². The van der Waals surface area contributed by atoms with E-state index < -0.39 is 5.66 Å². The minimum Gasteiger partial charge on any atom is -0.325 e. The topological polar surface area (TPSA) is 107 Å². The Labute approximate surface area is 200 Å². The number of nitrogens with one attached hydrogen (secondary N) is 1. The van der Waals surface area contributed by atoms with Crippen molar-refractivity contribution in [3.05, 3.63) is 59.7 Å². The van der Waals surface area contributed by atoms with E-state index in [2.05, 4.69) is 5.32 Å². The highest BCUT2D eigenvalue weighted by Crippen LogP contribution is 2.43. The molecule has 1 unspecified atom stereocenters. The Morgan fingerprint density at radius 2 is 1.76 bits per heavy atom. The Balaban J connectivity index is 1.30. The highest BCUT2D eigenvalue weighted by atomic mass is 32.2. The standard InChI is InChI=1S/C24H22N4O5S/c1-24-11-10-20(30)28(24)18-5-3-2-4-17(18)22(32)27(24)13-19(29)25-16-8-6-15(7-9-16)12-26-21(31)14-34-23(26)33/h2-9H,10-14H2,1H3,(H,25,29). The summed E-state index contributed by atoms with van der Waals surface area (Å²) in [6.07, 6.45) is 0.748. The van der Waals surface area contributed by atoms with Gasteiger partial charge >= 0.3 is 0 Å². The number of carbonyl (C=O) groups is 5.